The van der Waals surface area contributed by atoms with Crippen LogP contribution in [0.1, 0.15) is 30.1 Å². The molecule has 0 spiro atoms. The number of aromatic nitrogens is 3. The van der Waals surface area contributed by atoms with Gasteiger partial charge in [-0.3, -0.25) is 4.90 Å². The van der Waals surface area contributed by atoms with Crippen molar-refractivity contribution in [2.45, 2.75) is 32.0 Å². The van der Waals surface area contributed by atoms with Crippen molar-refractivity contribution in [2.24, 2.45) is 7.05 Å². The van der Waals surface area contributed by atoms with Crippen LogP contribution in [0.25, 0.3) is 0 Å². The Bertz CT molecular complexity index is 748. The lowest BCUT2D eigenvalue weighted by Crippen LogP contribution is -2.22. The van der Waals surface area contributed by atoms with Gasteiger partial charge in [0.15, 0.2) is 4.77 Å². The molecular weight excluding hydrogens is 339 g/mol. The predicted molar refractivity (Wildman–Crippen MR) is 91.9 cm³/mol. The average Bonchev–Trinajstić information content (AvgIpc) is 3.26. The van der Waals surface area contributed by atoms with Crippen LogP contribution in [0, 0.1) is 4.77 Å². The maximum absolute atomic E-state index is 6.06. The van der Waals surface area contributed by atoms with Gasteiger partial charge in [0.25, 0.3) is 0 Å². The molecule has 0 unspecified atom stereocenters. The highest BCUT2D eigenvalue weighted by molar-refractivity contribution is 7.71. The Morgan fingerprint density at radius 2 is 2.05 bits per heavy atom. The lowest BCUT2D eigenvalue weighted by atomic mass is 10.2. The monoisotopic (exact) mass is 356 g/mol. The molecule has 118 valence electrons. The Morgan fingerprint density at radius 1 is 1.32 bits per heavy atom. The molecule has 0 radical (unpaired) electrons. The number of benzene rings is 1. The summed E-state index contributed by atoms with van der Waals surface area (Å²) in [5.74, 6) is 1.70. The predicted octanol–water partition coefficient (Wildman–Crippen LogP) is 4.22. The van der Waals surface area contributed by atoms with Gasteiger partial charge in [-0.1, -0.05) is 29.3 Å². The van der Waals surface area contributed by atoms with E-state index < -0.39 is 0 Å². The van der Waals surface area contributed by atoms with E-state index in [4.69, 9.17) is 35.4 Å². The molecule has 1 aromatic heterocycles. The standard InChI is InChI=1S/C15H18Cl2N4S/c1-19(8-10-3-6-12(16)13(17)7-10)9-21-15(22)20(2)14(18-21)11-4-5-11/h3,6-7,11H,4-5,8-9H2,1-2H3. The molecule has 1 aromatic carbocycles. The maximum Gasteiger partial charge on any atom is 0.198 e. The van der Waals surface area contributed by atoms with Crippen LogP contribution in [0.2, 0.25) is 10.0 Å². The second-order valence-electron chi connectivity index (χ2n) is 5.88. The van der Waals surface area contributed by atoms with Crippen molar-refractivity contribution in [1.29, 1.82) is 0 Å². The first kappa shape index (κ1) is 16.0. The first-order chi connectivity index (χ1) is 10.5. The fraction of sp³-hybridized carbons (Fsp3) is 0.467. The van der Waals surface area contributed by atoms with Crippen molar-refractivity contribution in [3.8, 4) is 0 Å². The molecule has 1 aliphatic rings. The zero-order valence-corrected chi connectivity index (χ0v) is 14.9. The summed E-state index contributed by atoms with van der Waals surface area (Å²) in [6.07, 6.45) is 2.44. The third-order valence-corrected chi connectivity index (χ3v) is 5.05. The van der Waals surface area contributed by atoms with E-state index in [1.165, 1.54) is 12.8 Å². The summed E-state index contributed by atoms with van der Waals surface area (Å²) in [5.41, 5.74) is 1.11. The molecule has 1 saturated carbocycles. The summed E-state index contributed by atoms with van der Waals surface area (Å²) in [6.45, 7) is 1.41. The smallest absolute Gasteiger partial charge is 0.198 e. The van der Waals surface area contributed by atoms with E-state index in [0.29, 0.717) is 22.6 Å². The lowest BCUT2D eigenvalue weighted by molar-refractivity contribution is 0.243. The topological polar surface area (TPSA) is 26.0 Å². The van der Waals surface area contributed by atoms with Gasteiger partial charge in [0.05, 0.1) is 16.7 Å². The molecule has 1 aliphatic carbocycles. The van der Waals surface area contributed by atoms with Gasteiger partial charge >= 0.3 is 0 Å². The van der Waals surface area contributed by atoms with Gasteiger partial charge in [-0.15, -0.1) is 0 Å². The summed E-state index contributed by atoms with van der Waals surface area (Å²) in [5, 5.41) is 5.83. The zero-order chi connectivity index (χ0) is 15.9. The van der Waals surface area contributed by atoms with Gasteiger partial charge in [0.2, 0.25) is 0 Å². The van der Waals surface area contributed by atoms with E-state index in [1.54, 1.807) is 0 Å². The SMILES string of the molecule is CN(Cc1ccc(Cl)c(Cl)c1)Cn1nc(C2CC2)n(C)c1=S. The number of nitrogens with zero attached hydrogens (tertiary/aromatic N) is 4. The molecule has 1 fully saturated rings. The molecule has 0 aliphatic heterocycles. The van der Waals surface area contributed by atoms with Crippen LogP contribution in [0.15, 0.2) is 18.2 Å². The summed E-state index contributed by atoms with van der Waals surface area (Å²) in [7, 11) is 4.04. The van der Waals surface area contributed by atoms with Crippen LogP contribution in [0.5, 0.6) is 0 Å². The van der Waals surface area contributed by atoms with E-state index in [-0.39, 0.29) is 0 Å². The fourth-order valence-electron chi connectivity index (χ4n) is 2.52. The minimum absolute atomic E-state index is 0.578. The molecule has 0 saturated heterocycles. The van der Waals surface area contributed by atoms with Gasteiger partial charge in [-0.2, -0.15) is 5.10 Å². The minimum Gasteiger partial charge on any atom is -0.307 e. The van der Waals surface area contributed by atoms with Crippen LogP contribution < -0.4 is 0 Å². The van der Waals surface area contributed by atoms with Crippen molar-refractivity contribution in [1.82, 2.24) is 19.2 Å². The maximum atomic E-state index is 6.06. The summed E-state index contributed by atoms with van der Waals surface area (Å²) >= 11 is 17.5. The Labute approximate surface area is 145 Å². The Morgan fingerprint density at radius 3 is 2.68 bits per heavy atom. The normalized spacial score (nSPS) is 14.8. The number of rotatable bonds is 5. The largest absolute Gasteiger partial charge is 0.307 e. The molecule has 2 aromatic rings. The molecular formula is C15H18Cl2N4S. The molecule has 1 heterocycles. The first-order valence-electron chi connectivity index (χ1n) is 7.22. The van der Waals surface area contributed by atoms with Crippen molar-refractivity contribution < 1.29 is 0 Å². The Kier molecular flexibility index (Phi) is 4.59. The van der Waals surface area contributed by atoms with E-state index in [9.17, 15) is 0 Å². The third-order valence-electron chi connectivity index (χ3n) is 3.83. The van der Waals surface area contributed by atoms with Crippen LogP contribution in [0.4, 0.5) is 0 Å². The molecule has 4 nitrogen and oxygen atoms in total. The molecule has 0 atom stereocenters. The molecule has 3 rings (SSSR count). The zero-order valence-electron chi connectivity index (χ0n) is 12.6. The minimum atomic E-state index is 0.578. The van der Waals surface area contributed by atoms with Crippen molar-refractivity contribution >= 4 is 35.4 Å². The fourth-order valence-corrected chi connectivity index (χ4v) is 3.03. The van der Waals surface area contributed by atoms with Crippen LogP contribution in [0.3, 0.4) is 0 Å². The van der Waals surface area contributed by atoms with E-state index in [1.807, 2.05) is 41.5 Å². The number of hydrogen-bond donors (Lipinski definition) is 0. The Balaban J connectivity index is 1.71. The molecule has 0 amide bonds. The average molecular weight is 357 g/mol. The van der Waals surface area contributed by atoms with Crippen LogP contribution >= 0.6 is 35.4 Å². The van der Waals surface area contributed by atoms with E-state index in [2.05, 4.69) is 10.00 Å². The van der Waals surface area contributed by atoms with E-state index in [0.717, 1.165) is 22.7 Å². The van der Waals surface area contributed by atoms with Crippen molar-refractivity contribution in [2.75, 3.05) is 7.05 Å². The lowest BCUT2D eigenvalue weighted by Gasteiger charge is -2.16. The summed E-state index contributed by atoms with van der Waals surface area (Å²) < 4.78 is 4.68. The van der Waals surface area contributed by atoms with Gasteiger partial charge in [-0.05, 0) is 49.8 Å². The second kappa shape index (κ2) is 6.32. The number of halogens is 2. The van der Waals surface area contributed by atoms with Gasteiger partial charge < -0.3 is 4.57 Å². The highest BCUT2D eigenvalue weighted by atomic mass is 35.5. The summed E-state index contributed by atoms with van der Waals surface area (Å²) in [4.78, 5) is 2.15. The van der Waals surface area contributed by atoms with Gasteiger partial charge in [0, 0.05) is 19.5 Å². The molecule has 0 N–H and O–H groups in total. The van der Waals surface area contributed by atoms with Crippen LogP contribution in [-0.4, -0.2) is 26.3 Å². The first-order valence-corrected chi connectivity index (χ1v) is 8.38. The third kappa shape index (κ3) is 3.38. The number of hydrogen-bond acceptors (Lipinski definition) is 3. The van der Waals surface area contributed by atoms with Crippen molar-refractivity contribution in [3.05, 3.63) is 44.4 Å². The second-order valence-corrected chi connectivity index (χ2v) is 7.06. The van der Waals surface area contributed by atoms with Gasteiger partial charge in [0.1, 0.15) is 5.82 Å². The highest BCUT2D eigenvalue weighted by Gasteiger charge is 2.29. The Hall–Kier alpha value is -0.880. The van der Waals surface area contributed by atoms with E-state index >= 15 is 0 Å². The quantitative estimate of drug-likeness (QED) is 0.750. The van der Waals surface area contributed by atoms with Gasteiger partial charge in [-0.25, -0.2) is 4.68 Å². The summed E-state index contributed by atoms with van der Waals surface area (Å²) in [6, 6.07) is 5.70. The van der Waals surface area contributed by atoms with Crippen molar-refractivity contribution in [3.63, 3.8) is 0 Å². The molecule has 0 bridgehead atoms. The molecule has 22 heavy (non-hydrogen) atoms. The molecule has 7 heteroatoms. The van der Waals surface area contributed by atoms with Crippen LogP contribution in [-0.2, 0) is 20.3 Å². The highest BCUT2D eigenvalue weighted by Crippen LogP contribution is 2.38.